The van der Waals surface area contributed by atoms with E-state index in [2.05, 4.69) is 59.1 Å². The third-order valence-electron chi connectivity index (χ3n) is 13.5. The Morgan fingerprint density at radius 2 is 1.33 bits per heavy atom. The highest BCUT2D eigenvalue weighted by atomic mass is 32.2. The molecule has 2 aromatic carbocycles. The first-order chi connectivity index (χ1) is 41.7. The molecule has 0 unspecified atom stereocenters. The number of nitrogens with two attached hydrogens (primary N) is 3. The van der Waals surface area contributed by atoms with E-state index in [1.54, 1.807) is 48.3 Å². The molecule has 1 aliphatic rings. The van der Waals surface area contributed by atoms with Gasteiger partial charge in [0.05, 0.1) is 19.3 Å². The average Bonchev–Trinajstić information content (AvgIpc) is 3.66. The standard InChI is InChI=1S/C58H91N13O13S3/c1-36(51(61)75)65-54(78)43(19-11-13-22-59)67-55(79)44(20-12-14-23-60)68-56(80)45(21-26-85-4)69-58(82)50(38(3)72)71-52(76)37(2)64-48(73)31-62-53(77)47-35-87-34-41-27-40(33-86-5)28-42(29-41)83-24-15-6-7-16-25-84-63-32-49(74)66-46(57(81)70-47)30-39-17-9-8-10-18-39/h8-10,17-18,27-29,32,36-38,43-47,50,72H,6-7,11-16,19-26,30-31,33-35,59-60H2,1-5H3,(H2,61,75)(H,62,77)(H,64,73)(H,65,78)(H,66,74)(H,67,79)(H,68,80)(H,69,82)(H,70,81)(H,71,76)/b63-32+/t36-,37-,38+,43-,44-,45-,46-,47-,50-/m0/s1. The molecule has 1 aliphatic heterocycles. The quantitative estimate of drug-likeness (QED) is 0.0438. The first-order valence-electron chi connectivity index (χ1n) is 29.3. The first kappa shape index (κ1) is 74.6. The van der Waals surface area contributed by atoms with Crippen LogP contribution in [-0.2, 0) is 70.7 Å². The Balaban J connectivity index is 1.78. The van der Waals surface area contributed by atoms with E-state index in [1.165, 1.54) is 44.3 Å². The van der Waals surface area contributed by atoms with E-state index < -0.39 is 120 Å². The molecule has 3 rings (SSSR count). The molecule has 0 saturated carbocycles. The van der Waals surface area contributed by atoms with Crippen LogP contribution >= 0.6 is 35.3 Å². The van der Waals surface area contributed by atoms with Crippen LogP contribution in [0, 0.1) is 0 Å². The lowest BCUT2D eigenvalue weighted by atomic mass is 10.0. The van der Waals surface area contributed by atoms with Gasteiger partial charge in [-0.05, 0) is 152 Å². The van der Waals surface area contributed by atoms with Crippen molar-refractivity contribution < 1.29 is 62.6 Å². The normalized spacial score (nSPS) is 18.1. The molecule has 87 heavy (non-hydrogen) atoms. The number of hydrogen-bond donors (Lipinski definition) is 13. The molecule has 0 radical (unpaired) electrons. The fraction of sp³-hybridized carbons (Fsp3) is 0.603. The number of oxime groups is 1. The number of nitrogens with one attached hydrogen (secondary N) is 9. The van der Waals surface area contributed by atoms with Crippen molar-refractivity contribution in [3.63, 3.8) is 0 Å². The molecule has 0 aliphatic carbocycles. The van der Waals surface area contributed by atoms with Crippen molar-refractivity contribution in [2.45, 2.75) is 164 Å². The SMILES string of the molecule is CSCC[C@H](NC(=O)[C@@H](NC(=O)[C@H](C)NC(=O)CNC(=O)[C@@H]1CSCc2cc(CSC)cc(c2)OCCCCCCO/N=C/C(=O)N[C@@H](Cc2ccccc2)C(=O)N1)[C@@H](C)O)C(=O)N[C@@H](CCCCN)C(=O)N[C@@H](CCCCN)C(=O)N[C@@H](C)C(N)=O. The molecule has 26 nitrogen and oxygen atoms in total. The largest absolute Gasteiger partial charge is 0.494 e. The van der Waals surface area contributed by atoms with E-state index in [-0.39, 0.29) is 44.6 Å². The first-order valence-corrected chi connectivity index (χ1v) is 33.2. The number of aliphatic hydroxyl groups is 1. The summed E-state index contributed by atoms with van der Waals surface area (Å²) in [6, 6.07) is 4.81. The van der Waals surface area contributed by atoms with Gasteiger partial charge in [-0.25, -0.2) is 0 Å². The van der Waals surface area contributed by atoms with Gasteiger partial charge in [-0.2, -0.15) is 35.3 Å². The Hall–Kier alpha value is -6.66. The van der Waals surface area contributed by atoms with Crippen molar-refractivity contribution in [2.24, 2.45) is 22.4 Å². The number of carbonyl (C=O) groups is 10. The summed E-state index contributed by atoms with van der Waals surface area (Å²) in [5, 5.41) is 37.9. The van der Waals surface area contributed by atoms with Gasteiger partial charge >= 0.3 is 0 Å². The Labute approximate surface area is 522 Å². The lowest BCUT2D eigenvalue weighted by Crippen LogP contribution is -2.61. The van der Waals surface area contributed by atoms with E-state index in [9.17, 15) is 53.1 Å². The average molecular weight is 1270 g/mol. The summed E-state index contributed by atoms with van der Waals surface area (Å²) in [5.74, 6) is -5.62. The lowest BCUT2D eigenvalue weighted by Gasteiger charge is -2.28. The maximum atomic E-state index is 14.2. The maximum absolute atomic E-state index is 14.2. The van der Waals surface area contributed by atoms with Gasteiger partial charge in [-0.3, -0.25) is 47.9 Å². The minimum Gasteiger partial charge on any atom is -0.494 e. The van der Waals surface area contributed by atoms with E-state index >= 15 is 0 Å². The number of carbonyl (C=O) groups excluding carboxylic acids is 10. The molecule has 0 fully saturated rings. The smallest absolute Gasteiger partial charge is 0.266 e. The molecule has 484 valence electrons. The van der Waals surface area contributed by atoms with Crippen LogP contribution in [0.1, 0.15) is 108 Å². The molecule has 2 bridgehead atoms. The summed E-state index contributed by atoms with van der Waals surface area (Å²) in [7, 11) is 0. The Bertz CT molecular complexity index is 2560. The second-order valence-corrected chi connectivity index (χ2v) is 23.9. The third kappa shape index (κ3) is 29.7. The molecule has 0 saturated heterocycles. The summed E-state index contributed by atoms with van der Waals surface area (Å²) in [5.41, 5.74) is 19.4. The zero-order valence-electron chi connectivity index (χ0n) is 50.5. The highest BCUT2D eigenvalue weighted by molar-refractivity contribution is 7.98. The lowest BCUT2D eigenvalue weighted by molar-refractivity contribution is -0.136. The molecule has 16 N–H and O–H groups in total. The zero-order chi connectivity index (χ0) is 64.1. The Morgan fingerprint density at radius 3 is 1.94 bits per heavy atom. The molecule has 9 atom stereocenters. The summed E-state index contributed by atoms with van der Waals surface area (Å²) >= 11 is 4.36. The van der Waals surface area contributed by atoms with Gasteiger partial charge < -0.3 is 79.7 Å². The van der Waals surface area contributed by atoms with E-state index in [1.807, 2.05) is 18.4 Å². The molecule has 0 spiro atoms. The third-order valence-corrected chi connectivity index (χ3v) is 15.9. The summed E-state index contributed by atoms with van der Waals surface area (Å²) in [6.45, 7) is 4.66. The number of nitrogens with zero attached hydrogens (tertiary/aromatic N) is 1. The number of thioether (sulfide) groups is 3. The topological polar surface area (TPSA) is 408 Å². The van der Waals surface area contributed by atoms with Gasteiger partial charge in [0.25, 0.3) is 5.91 Å². The van der Waals surface area contributed by atoms with E-state index in [0.29, 0.717) is 68.1 Å². The number of hydrogen-bond acceptors (Lipinski definition) is 19. The minimum absolute atomic E-state index is 0.0201. The van der Waals surface area contributed by atoms with Crippen LogP contribution in [-0.4, -0.2) is 182 Å². The number of unbranched alkanes of at least 4 members (excludes halogenated alkanes) is 2. The van der Waals surface area contributed by atoms with Crippen molar-refractivity contribution in [1.82, 2.24) is 47.9 Å². The van der Waals surface area contributed by atoms with E-state index in [0.717, 1.165) is 42.4 Å². The predicted octanol–water partition coefficient (Wildman–Crippen LogP) is -0.108. The van der Waals surface area contributed by atoms with Crippen LogP contribution in [0.25, 0.3) is 0 Å². The van der Waals surface area contributed by atoms with Gasteiger partial charge in [0.1, 0.15) is 66.9 Å². The number of aliphatic hydroxyl groups excluding tert-OH is 1. The fourth-order valence-corrected chi connectivity index (χ4v) is 10.6. The van der Waals surface area contributed by atoms with Crippen molar-refractivity contribution >= 4 is 101 Å². The van der Waals surface area contributed by atoms with Crippen LogP contribution in [0.5, 0.6) is 5.75 Å². The second-order valence-electron chi connectivity index (χ2n) is 21.0. The summed E-state index contributed by atoms with van der Waals surface area (Å²) in [6.07, 6.45) is 8.67. The summed E-state index contributed by atoms with van der Waals surface area (Å²) < 4.78 is 6.15. The van der Waals surface area contributed by atoms with Crippen LogP contribution in [0.3, 0.4) is 0 Å². The van der Waals surface area contributed by atoms with Crippen LogP contribution in [0.2, 0.25) is 0 Å². The van der Waals surface area contributed by atoms with Gasteiger partial charge in [0.2, 0.25) is 53.2 Å². The molecule has 2 aromatic rings. The molecular weight excluding hydrogens is 1180 g/mol. The number of ether oxygens (including phenoxy) is 1. The Morgan fingerprint density at radius 1 is 0.713 bits per heavy atom. The molecule has 10 amide bonds. The molecule has 29 heteroatoms. The van der Waals surface area contributed by atoms with Crippen LogP contribution in [0.4, 0.5) is 0 Å². The second kappa shape index (κ2) is 42.3. The number of rotatable bonds is 31. The fourth-order valence-electron chi connectivity index (χ4n) is 8.66. The van der Waals surface area contributed by atoms with Crippen molar-refractivity contribution in [2.75, 3.05) is 56.9 Å². The van der Waals surface area contributed by atoms with Crippen molar-refractivity contribution in [3.05, 3.63) is 65.2 Å². The van der Waals surface area contributed by atoms with E-state index in [4.69, 9.17) is 26.8 Å². The summed E-state index contributed by atoms with van der Waals surface area (Å²) in [4.78, 5) is 140. The van der Waals surface area contributed by atoms with Gasteiger partial charge in [0.15, 0.2) is 0 Å². The Kier molecular flexibility index (Phi) is 36.2. The molecule has 0 aromatic heterocycles. The van der Waals surface area contributed by atoms with Gasteiger partial charge in [-0.1, -0.05) is 41.6 Å². The molecular formula is C58H91N13O13S3. The maximum Gasteiger partial charge on any atom is 0.266 e. The highest BCUT2D eigenvalue weighted by Crippen LogP contribution is 2.25. The number of primary amides is 1. The highest BCUT2D eigenvalue weighted by Gasteiger charge is 2.34. The van der Waals surface area contributed by atoms with Crippen LogP contribution in [0.15, 0.2) is 53.7 Å². The van der Waals surface area contributed by atoms with Crippen LogP contribution < -0.4 is 69.8 Å². The number of fused-ring (bicyclic) bond motifs is 2. The number of benzene rings is 2. The zero-order valence-corrected chi connectivity index (χ0v) is 52.9. The minimum atomic E-state index is -1.66. The van der Waals surface area contributed by atoms with Gasteiger partial charge in [0, 0.05) is 23.7 Å². The van der Waals surface area contributed by atoms with Crippen molar-refractivity contribution in [3.8, 4) is 5.75 Å². The van der Waals surface area contributed by atoms with Crippen molar-refractivity contribution in [1.29, 1.82) is 0 Å². The number of amides is 10. The monoisotopic (exact) mass is 1270 g/mol. The van der Waals surface area contributed by atoms with Gasteiger partial charge in [-0.15, -0.1) is 0 Å². The molecule has 1 heterocycles. The predicted molar refractivity (Wildman–Crippen MR) is 338 cm³/mol.